The number of aromatic nitrogens is 3. The molecular weight excluding hydrogens is 80.0 g/mol. The Kier molecular flexibility index (Phi) is 0.648. The second-order valence-electron chi connectivity index (χ2n) is 0.999. The van der Waals surface area contributed by atoms with Crippen molar-refractivity contribution in [1.29, 1.82) is 0 Å². The van der Waals surface area contributed by atoms with Crippen LogP contribution in [-0.4, -0.2) is 15.4 Å². The van der Waals surface area contributed by atoms with Gasteiger partial charge < -0.3 is 5.73 Å². The van der Waals surface area contributed by atoms with E-state index in [-0.39, 0.29) is 0 Å². The highest BCUT2D eigenvalue weighted by molar-refractivity contribution is 4.73. The maximum absolute atomic E-state index is 5.10. The number of nitrogens with one attached hydrogen (secondary N) is 2. The first-order valence-corrected chi connectivity index (χ1v) is 1.71. The lowest BCUT2D eigenvalue weighted by Crippen LogP contribution is -2.09. The average molecular weight is 86.1 g/mol. The normalized spacial score (nSPS) is 9.50. The smallest absolute Gasteiger partial charge is 0.157 e. The molecule has 0 saturated carbocycles. The molecule has 6 heavy (non-hydrogen) atoms. The summed E-state index contributed by atoms with van der Waals surface area (Å²) < 4.78 is 0. The highest BCUT2D eigenvalue weighted by atomic mass is 15.4. The molecule has 0 atom stereocenters. The molecule has 0 aliphatic rings. The van der Waals surface area contributed by atoms with Crippen LogP contribution >= 0.6 is 0 Å². The van der Waals surface area contributed by atoms with Crippen molar-refractivity contribution in [1.82, 2.24) is 15.4 Å². The van der Waals surface area contributed by atoms with Crippen LogP contribution in [0.3, 0.4) is 0 Å². The van der Waals surface area contributed by atoms with E-state index in [0.717, 1.165) is 5.82 Å². The van der Waals surface area contributed by atoms with Gasteiger partial charge in [-0.05, 0) is 0 Å². The number of aromatic amines is 2. The van der Waals surface area contributed by atoms with Crippen LogP contribution in [0.15, 0.2) is 0 Å². The maximum atomic E-state index is 5.10. The first kappa shape index (κ1) is 3.42. The standard InChI is InChI=1S/C2H6N4/c3-1-2-4-6-5-2/h6H,1,3H2,(H,4,5). The maximum Gasteiger partial charge on any atom is 0.157 e. The molecule has 0 fully saturated rings. The summed E-state index contributed by atoms with van der Waals surface area (Å²) in [7, 11) is 0. The van der Waals surface area contributed by atoms with E-state index in [1.54, 1.807) is 0 Å². The average Bonchev–Trinajstić information content (AvgIpc) is 1.31. The molecule has 0 spiro atoms. The molecule has 4 nitrogen and oxygen atoms in total. The van der Waals surface area contributed by atoms with E-state index in [0.29, 0.717) is 6.54 Å². The van der Waals surface area contributed by atoms with Gasteiger partial charge in [-0.15, -0.1) is 5.10 Å². The molecule has 0 saturated heterocycles. The van der Waals surface area contributed by atoms with E-state index in [9.17, 15) is 0 Å². The summed E-state index contributed by atoms with van der Waals surface area (Å²) in [6, 6.07) is 0. The van der Waals surface area contributed by atoms with Gasteiger partial charge in [0, 0.05) is 0 Å². The Bertz CT molecular complexity index is 98.2. The Morgan fingerprint density at radius 2 is 2.50 bits per heavy atom. The fraction of sp³-hybridized carbons (Fsp3) is 0.500. The van der Waals surface area contributed by atoms with Gasteiger partial charge in [0.25, 0.3) is 0 Å². The van der Waals surface area contributed by atoms with Gasteiger partial charge in [0.15, 0.2) is 5.82 Å². The molecule has 0 bridgehead atoms. The van der Waals surface area contributed by atoms with Gasteiger partial charge in [-0.1, -0.05) is 0 Å². The van der Waals surface area contributed by atoms with Crippen molar-refractivity contribution in [3.8, 4) is 0 Å². The van der Waals surface area contributed by atoms with Crippen LogP contribution in [0.4, 0.5) is 0 Å². The van der Waals surface area contributed by atoms with Crippen molar-refractivity contribution in [2.75, 3.05) is 0 Å². The molecule has 1 aromatic rings. The fourth-order valence-electron chi connectivity index (χ4n) is 0.232. The summed E-state index contributed by atoms with van der Waals surface area (Å²) in [6.07, 6.45) is 0. The molecule has 0 aliphatic carbocycles. The quantitative estimate of drug-likeness (QED) is 0.418. The highest BCUT2D eigenvalue weighted by Gasteiger charge is 1.85. The van der Waals surface area contributed by atoms with Crippen LogP contribution in [0.1, 0.15) is 5.82 Å². The molecule has 1 heterocycles. The van der Waals surface area contributed by atoms with Gasteiger partial charge >= 0.3 is 0 Å². The highest BCUT2D eigenvalue weighted by Crippen LogP contribution is 1.76. The fourth-order valence-corrected chi connectivity index (χ4v) is 0.232. The van der Waals surface area contributed by atoms with Gasteiger partial charge in [0.05, 0.1) is 6.54 Å². The Labute approximate surface area is 34.7 Å². The second-order valence-corrected chi connectivity index (χ2v) is 0.999. The SMILES string of the molecule is NCc1n[nH][nH]1. The van der Waals surface area contributed by atoms with Crippen molar-refractivity contribution in [3.63, 3.8) is 0 Å². The predicted octanol–water partition coefficient (Wildman–Crippen LogP) is -0.804. The summed E-state index contributed by atoms with van der Waals surface area (Å²) in [5.74, 6) is 0.815. The van der Waals surface area contributed by atoms with Crippen LogP contribution in [0.25, 0.3) is 0 Å². The Morgan fingerprint density at radius 1 is 1.83 bits per heavy atom. The van der Waals surface area contributed by atoms with E-state index >= 15 is 0 Å². The largest absolute Gasteiger partial charge is 0.324 e. The molecule has 0 radical (unpaired) electrons. The number of H-pyrrole nitrogens is 2. The van der Waals surface area contributed by atoms with Gasteiger partial charge in [-0.2, -0.15) is 0 Å². The van der Waals surface area contributed by atoms with E-state index in [1.165, 1.54) is 0 Å². The second kappa shape index (κ2) is 1.14. The molecular formula is C2H6N4. The zero-order valence-electron chi connectivity index (χ0n) is 3.23. The van der Waals surface area contributed by atoms with Crippen molar-refractivity contribution < 1.29 is 0 Å². The minimum atomic E-state index is 0.493. The lowest BCUT2D eigenvalue weighted by Gasteiger charge is -1.94. The summed E-state index contributed by atoms with van der Waals surface area (Å²) in [4.78, 5) is 0. The van der Waals surface area contributed by atoms with Gasteiger partial charge in [0.2, 0.25) is 0 Å². The number of hydrogen-bond donors (Lipinski definition) is 3. The van der Waals surface area contributed by atoms with Crippen LogP contribution in [0, 0.1) is 0 Å². The van der Waals surface area contributed by atoms with Crippen molar-refractivity contribution in [3.05, 3.63) is 5.82 Å². The Hall–Kier alpha value is -0.770. The Morgan fingerprint density at radius 3 is 2.50 bits per heavy atom. The van der Waals surface area contributed by atoms with E-state index < -0.39 is 0 Å². The topological polar surface area (TPSA) is 70.5 Å². The number of nitrogens with two attached hydrogens (primary N) is 1. The summed E-state index contributed by atoms with van der Waals surface area (Å²) in [5.41, 5.74) is 5.10. The minimum Gasteiger partial charge on any atom is -0.324 e. The van der Waals surface area contributed by atoms with Crippen molar-refractivity contribution in [2.45, 2.75) is 6.54 Å². The van der Waals surface area contributed by atoms with Crippen LogP contribution in [0.5, 0.6) is 0 Å². The lowest BCUT2D eigenvalue weighted by molar-refractivity contribution is 0.669. The molecule has 0 amide bonds. The van der Waals surface area contributed by atoms with Crippen molar-refractivity contribution in [2.24, 2.45) is 5.73 Å². The van der Waals surface area contributed by atoms with E-state index in [2.05, 4.69) is 15.4 Å². The van der Waals surface area contributed by atoms with Gasteiger partial charge in [-0.25, -0.2) is 5.21 Å². The molecule has 0 aromatic carbocycles. The summed E-state index contributed by atoms with van der Waals surface area (Å²) >= 11 is 0. The molecule has 4 N–H and O–H groups in total. The van der Waals surface area contributed by atoms with Crippen LogP contribution in [-0.2, 0) is 6.54 Å². The molecule has 1 aromatic heterocycles. The first-order valence-electron chi connectivity index (χ1n) is 1.71. The summed E-state index contributed by atoms with van der Waals surface area (Å²) in [5, 5.41) is 8.76. The Balaban J connectivity index is 2.51. The zero-order valence-corrected chi connectivity index (χ0v) is 3.23. The third-order valence-corrected chi connectivity index (χ3v) is 0.584. The molecule has 34 valence electrons. The van der Waals surface area contributed by atoms with Crippen LogP contribution in [0.2, 0.25) is 0 Å². The van der Waals surface area contributed by atoms with E-state index in [4.69, 9.17) is 5.73 Å². The monoisotopic (exact) mass is 86.1 g/mol. The van der Waals surface area contributed by atoms with Gasteiger partial charge in [0.1, 0.15) is 0 Å². The predicted molar refractivity (Wildman–Crippen MR) is 20.8 cm³/mol. The number of hydrogen-bond acceptors (Lipinski definition) is 2. The van der Waals surface area contributed by atoms with E-state index in [1.807, 2.05) is 0 Å². The van der Waals surface area contributed by atoms with Crippen LogP contribution < -0.4 is 5.73 Å². The lowest BCUT2D eigenvalue weighted by atomic mass is 10.6. The first-order chi connectivity index (χ1) is 2.93. The molecule has 1 rings (SSSR count). The minimum absolute atomic E-state index is 0.493. The third-order valence-electron chi connectivity index (χ3n) is 0.584. The molecule has 0 aliphatic heterocycles. The third kappa shape index (κ3) is 0.307. The zero-order chi connectivity index (χ0) is 4.41. The van der Waals surface area contributed by atoms with Crippen molar-refractivity contribution >= 4 is 0 Å². The molecule has 0 unspecified atom stereocenters. The van der Waals surface area contributed by atoms with Gasteiger partial charge in [-0.3, -0.25) is 5.10 Å². The molecule has 4 heteroatoms. The summed E-state index contributed by atoms with van der Waals surface area (Å²) in [6.45, 7) is 0.493. The number of rotatable bonds is 1. The number of nitrogens with zero attached hydrogens (tertiary/aromatic N) is 1.